The van der Waals surface area contributed by atoms with Gasteiger partial charge in [-0.15, -0.1) is 0 Å². The van der Waals surface area contributed by atoms with E-state index < -0.39 is 0 Å². The Bertz CT molecular complexity index is 952. The van der Waals surface area contributed by atoms with E-state index in [9.17, 15) is 4.39 Å². The molecule has 0 aromatic heterocycles. The van der Waals surface area contributed by atoms with E-state index in [2.05, 4.69) is 37.3 Å². The monoisotopic (exact) mass is 390 g/mol. The molecule has 3 aromatic carbocycles. The summed E-state index contributed by atoms with van der Waals surface area (Å²) in [5.74, 6) is 1.72. The van der Waals surface area contributed by atoms with Gasteiger partial charge in [0, 0.05) is 5.39 Å². The highest BCUT2D eigenvalue weighted by Gasteiger charge is 2.21. The minimum atomic E-state index is -0.278. The highest BCUT2D eigenvalue weighted by Crippen LogP contribution is 2.37. The maximum absolute atomic E-state index is 14.4. The molecule has 0 N–H and O–H groups in total. The van der Waals surface area contributed by atoms with Crippen LogP contribution in [0.5, 0.6) is 5.75 Å². The molecule has 1 fully saturated rings. The summed E-state index contributed by atoms with van der Waals surface area (Å²) in [4.78, 5) is 0. The van der Waals surface area contributed by atoms with Crippen LogP contribution in [0, 0.1) is 11.7 Å². The molecule has 0 amide bonds. The predicted octanol–water partition coefficient (Wildman–Crippen LogP) is 7.46. The minimum Gasteiger partial charge on any atom is -0.494 e. The number of rotatable bonds is 6. The first-order chi connectivity index (χ1) is 14.2. The van der Waals surface area contributed by atoms with Gasteiger partial charge in [0.1, 0.15) is 0 Å². The number of benzene rings is 3. The Morgan fingerprint density at radius 1 is 0.862 bits per heavy atom. The van der Waals surface area contributed by atoms with Crippen LogP contribution >= 0.6 is 0 Å². The van der Waals surface area contributed by atoms with Crippen molar-refractivity contribution in [2.24, 2.45) is 5.92 Å². The van der Waals surface area contributed by atoms with Crippen LogP contribution in [-0.2, 0) is 12.8 Å². The predicted molar refractivity (Wildman–Crippen MR) is 119 cm³/mol. The molecule has 0 atom stereocenters. The largest absolute Gasteiger partial charge is 0.494 e. The number of hydrogen-bond donors (Lipinski definition) is 0. The molecular formula is C27H31FO. The van der Waals surface area contributed by atoms with Crippen LogP contribution in [0.4, 0.5) is 4.39 Å². The SMILES string of the molecule is CCC1CCC(c2ccc(CCc3ccc4c(F)c(OC)ccc4c3)cc2)CC1. The van der Waals surface area contributed by atoms with Gasteiger partial charge in [-0.2, -0.15) is 0 Å². The zero-order valence-corrected chi connectivity index (χ0v) is 17.6. The Hall–Kier alpha value is -2.35. The van der Waals surface area contributed by atoms with E-state index in [0.29, 0.717) is 11.1 Å². The smallest absolute Gasteiger partial charge is 0.172 e. The first-order valence-electron chi connectivity index (χ1n) is 11.0. The van der Waals surface area contributed by atoms with Gasteiger partial charge >= 0.3 is 0 Å². The molecule has 0 radical (unpaired) electrons. The lowest BCUT2D eigenvalue weighted by molar-refractivity contribution is 0.319. The van der Waals surface area contributed by atoms with Crippen molar-refractivity contribution < 1.29 is 9.13 Å². The van der Waals surface area contributed by atoms with Crippen LogP contribution in [0.1, 0.15) is 61.6 Å². The summed E-state index contributed by atoms with van der Waals surface area (Å²) in [6.45, 7) is 2.32. The average Bonchev–Trinajstić information content (AvgIpc) is 2.78. The Morgan fingerprint density at radius 3 is 2.24 bits per heavy atom. The van der Waals surface area contributed by atoms with E-state index in [1.165, 1.54) is 55.9 Å². The van der Waals surface area contributed by atoms with Crippen molar-refractivity contribution in [3.05, 3.63) is 77.1 Å². The lowest BCUT2D eigenvalue weighted by Gasteiger charge is -2.28. The topological polar surface area (TPSA) is 9.23 Å². The van der Waals surface area contributed by atoms with Crippen molar-refractivity contribution >= 4 is 10.8 Å². The fourth-order valence-electron chi connectivity index (χ4n) is 4.78. The fraction of sp³-hybridized carbons (Fsp3) is 0.407. The Kier molecular flexibility index (Phi) is 6.18. The van der Waals surface area contributed by atoms with Gasteiger partial charge in [-0.25, -0.2) is 4.39 Å². The molecule has 4 rings (SSSR count). The molecule has 152 valence electrons. The summed E-state index contributed by atoms with van der Waals surface area (Å²) in [7, 11) is 1.50. The van der Waals surface area contributed by atoms with Gasteiger partial charge in [-0.1, -0.05) is 61.9 Å². The van der Waals surface area contributed by atoms with Crippen LogP contribution in [0.3, 0.4) is 0 Å². The van der Waals surface area contributed by atoms with Crippen LogP contribution in [0.2, 0.25) is 0 Å². The van der Waals surface area contributed by atoms with Gasteiger partial charge in [0.05, 0.1) is 7.11 Å². The first kappa shape index (κ1) is 19.9. The highest BCUT2D eigenvalue weighted by atomic mass is 19.1. The number of ether oxygens (including phenoxy) is 1. The van der Waals surface area contributed by atoms with Gasteiger partial charge in [-0.3, -0.25) is 0 Å². The summed E-state index contributed by atoms with van der Waals surface area (Å²) in [5.41, 5.74) is 4.12. The van der Waals surface area contributed by atoms with Gasteiger partial charge < -0.3 is 4.74 Å². The quantitative estimate of drug-likeness (QED) is 0.424. The van der Waals surface area contributed by atoms with Gasteiger partial charge in [0.15, 0.2) is 11.6 Å². The van der Waals surface area contributed by atoms with E-state index in [-0.39, 0.29) is 5.82 Å². The lowest BCUT2D eigenvalue weighted by Crippen LogP contribution is -2.12. The van der Waals surface area contributed by atoms with E-state index in [0.717, 1.165) is 30.1 Å². The van der Waals surface area contributed by atoms with E-state index in [1.54, 1.807) is 6.07 Å². The van der Waals surface area contributed by atoms with Crippen LogP contribution in [0.15, 0.2) is 54.6 Å². The normalized spacial score (nSPS) is 19.4. The molecule has 1 aliphatic carbocycles. The first-order valence-corrected chi connectivity index (χ1v) is 11.0. The zero-order valence-electron chi connectivity index (χ0n) is 17.6. The van der Waals surface area contributed by atoms with E-state index >= 15 is 0 Å². The van der Waals surface area contributed by atoms with E-state index in [1.807, 2.05) is 18.2 Å². The standard InChI is InChI=1S/C27H31FO/c1-3-19-6-11-22(12-7-19)23-13-8-20(9-14-23)4-5-21-10-16-25-24(18-21)15-17-26(29-2)27(25)28/h8-10,13-19,22H,3-7,11-12H2,1-2H3. The molecule has 0 saturated heterocycles. The van der Waals surface area contributed by atoms with Crippen molar-refractivity contribution in [2.45, 2.75) is 57.8 Å². The Labute approximate surface area is 173 Å². The number of aryl methyl sites for hydroxylation is 2. The van der Waals surface area contributed by atoms with Crippen molar-refractivity contribution in [3.8, 4) is 5.75 Å². The zero-order chi connectivity index (χ0) is 20.2. The summed E-state index contributed by atoms with van der Waals surface area (Å²) < 4.78 is 19.4. The summed E-state index contributed by atoms with van der Waals surface area (Å²) in [6.07, 6.45) is 8.76. The molecule has 0 bridgehead atoms. The van der Waals surface area contributed by atoms with Crippen molar-refractivity contribution in [3.63, 3.8) is 0 Å². The molecule has 29 heavy (non-hydrogen) atoms. The molecular weight excluding hydrogens is 359 g/mol. The number of halogens is 1. The minimum absolute atomic E-state index is 0.278. The van der Waals surface area contributed by atoms with Crippen molar-refractivity contribution in [1.29, 1.82) is 0 Å². The summed E-state index contributed by atoms with van der Waals surface area (Å²) in [6, 6.07) is 18.9. The summed E-state index contributed by atoms with van der Waals surface area (Å²) in [5, 5.41) is 1.55. The summed E-state index contributed by atoms with van der Waals surface area (Å²) >= 11 is 0. The molecule has 0 spiro atoms. The molecule has 3 aromatic rings. The second-order valence-corrected chi connectivity index (χ2v) is 8.50. The van der Waals surface area contributed by atoms with Crippen molar-refractivity contribution in [2.75, 3.05) is 7.11 Å². The van der Waals surface area contributed by atoms with Crippen LogP contribution in [0.25, 0.3) is 10.8 Å². The Morgan fingerprint density at radius 2 is 1.55 bits per heavy atom. The molecule has 1 saturated carbocycles. The lowest BCUT2D eigenvalue weighted by atomic mass is 9.78. The third-order valence-electron chi connectivity index (χ3n) is 6.78. The highest BCUT2D eigenvalue weighted by molar-refractivity contribution is 5.85. The molecule has 0 unspecified atom stereocenters. The van der Waals surface area contributed by atoms with Crippen LogP contribution in [-0.4, -0.2) is 7.11 Å². The second-order valence-electron chi connectivity index (χ2n) is 8.50. The van der Waals surface area contributed by atoms with Gasteiger partial charge in [0.25, 0.3) is 0 Å². The second kappa shape index (κ2) is 8.98. The number of hydrogen-bond acceptors (Lipinski definition) is 1. The van der Waals surface area contributed by atoms with Crippen LogP contribution < -0.4 is 4.74 Å². The van der Waals surface area contributed by atoms with Gasteiger partial charge in [-0.05, 0) is 78.5 Å². The number of fused-ring (bicyclic) bond motifs is 1. The van der Waals surface area contributed by atoms with E-state index in [4.69, 9.17) is 4.74 Å². The fourth-order valence-corrected chi connectivity index (χ4v) is 4.78. The number of methoxy groups -OCH3 is 1. The average molecular weight is 391 g/mol. The maximum atomic E-state index is 14.4. The van der Waals surface area contributed by atoms with Crippen molar-refractivity contribution in [1.82, 2.24) is 0 Å². The molecule has 0 aliphatic heterocycles. The molecule has 1 aliphatic rings. The molecule has 2 heteroatoms. The molecule has 1 nitrogen and oxygen atoms in total. The van der Waals surface area contributed by atoms with Gasteiger partial charge in [0.2, 0.25) is 0 Å². The third-order valence-corrected chi connectivity index (χ3v) is 6.78. The maximum Gasteiger partial charge on any atom is 0.172 e. The third kappa shape index (κ3) is 4.47. The molecule has 0 heterocycles. The Balaban J connectivity index is 1.39.